The molecule has 0 aromatic carbocycles. The maximum Gasteiger partial charge on any atom is 0.326 e. The molecule has 0 saturated carbocycles. The van der Waals surface area contributed by atoms with E-state index in [1.54, 1.807) is 25.3 Å². The summed E-state index contributed by atoms with van der Waals surface area (Å²) in [5.74, 6) is -1.67. The lowest BCUT2D eigenvalue weighted by molar-refractivity contribution is -0.143. The quantitative estimate of drug-likeness (QED) is 0.766. The molecule has 0 fully saturated rings. The summed E-state index contributed by atoms with van der Waals surface area (Å²) in [5, 5.41) is 11.9. The fourth-order valence-electron chi connectivity index (χ4n) is 2.30. The van der Waals surface area contributed by atoms with Crippen LogP contribution in [-0.4, -0.2) is 27.6 Å². The minimum atomic E-state index is -1.06. The van der Waals surface area contributed by atoms with Crippen LogP contribution in [-0.2, 0) is 9.59 Å². The monoisotopic (exact) mass is 308 g/mol. The van der Waals surface area contributed by atoms with Crippen LogP contribution in [0.15, 0.2) is 29.2 Å². The maximum absolute atomic E-state index is 12.5. The molecule has 1 heterocycles. The first-order valence-corrected chi connectivity index (χ1v) is 7.62. The van der Waals surface area contributed by atoms with Gasteiger partial charge in [-0.3, -0.25) is 9.59 Å². The molecule has 22 heavy (non-hydrogen) atoms. The molecule has 0 spiro atoms. The number of hydrogen-bond acceptors (Lipinski definition) is 3. The van der Waals surface area contributed by atoms with Crippen molar-refractivity contribution in [3.8, 4) is 0 Å². The topological polar surface area (TPSA) is 88.4 Å². The van der Waals surface area contributed by atoms with Crippen molar-refractivity contribution in [2.24, 2.45) is 5.92 Å². The highest BCUT2D eigenvalue weighted by Gasteiger charge is 2.29. The highest BCUT2D eigenvalue weighted by Crippen LogP contribution is 2.14. The number of nitrogens with one attached hydrogen (secondary N) is 1. The van der Waals surface area contributed by atoms with E-state index in [9.17, 15) is 19.5 Å². The lowest BCUT2D eigenvalue weighted by Gasteiger charge is -2.24. The lowest BCUT2D eigenvalue weighted by atomic mass is 9.98. The Morgan fingerprint density at radius 1 is 1.32 bits per heavy atom. The van der Waals surface area contributed by atoms with Crippen molar-refractivity contribution in [2.45, 2.75) is 52.1 Å². The molecule has 0 saturated heterocycles. The van der Waals surface area contributed by atoms with Crippen molar-refractivity contribution in [3.63, 3.8) is 0 Å². The molecule has 3 unspecified atom stereocenters. The van der Waals surface area contributed by atoms with Crippen molar-refractivity contribution in [1.82, 2.24) is 9.88 Å². The Morgan fingerprint density at radius 3 is 2.50 bits per heavy atom. The minimum Gasteiger partial charge on any atom is -0.480 e. The Labute approximate surface area is 130 Å². The second kappa shape index (κ2) is 8.36. The van der Waals surface area contributed by atoms with E-state index < -0.39 is 24.0 Å². The first-order chi connectivity index (χ1) is 10.4. The third-order valence-electron chi connectivity index (χ3n) is 3.83. The largest absolute Gasteiger partial charge is 0.480 e. The molecule has 1 rings (SSSR count). The number of rotatable bonds is 8. The Balaban J connectivity index is 3.01. The van der Waals surface area contributed by atoms with Crippen LogP contribution in [0.5, 0.6) is 0 Å². The number of aliphatic carboxylic acids is 1. The number of carbonyl (C=O) groups excluding carboxylic acids is 1. The van der Waals surface area contributed by atoms with Crippen LogP contribution in [0, 0.1) is 5.92 Å². The number of carbonyl (C=O) groups is 2. The van der Waals surface area contributed by atoms with Gasteiger partial charge in [0.1, 0.15) is 12.1 Å². The zero-order valence-electron chi connectivity index (χ0n) is 13.3. The molecule has 0 aliphatic rings. The standard InChI is InChI=1S/C16H24N2O4/c1-4-8-12(18-10-7-6-9-13(18)19)15(20)17-14(16(21)22)11(3)5-2/h6-7,9-12,14H,4-5,8H2,1-3H3,(H,17,20)(H,21,22). The number of aromatic nitrogens is 1. The summed E-state index contributed by atoms with van der Waals surface area (Å²) >= 11 is 0. The average molecular weight is 308 g/mol. The third-order valence-corrected chi connectivity index (χ3v) is 3.83. The molecular weight excluding hydrogens is 284 g/mol. The number of nitrogens with zero attached hydrogens (tertiary/aromatic N) is 1. The second-order valence-corrected chi connectivity index (χ2v) is 5.46. The van der Waals surface area contributed by atoms with Gasteiger partial charge in [0.05, 0.1) is 0 Å². The van der Waals surface area contributed by atoms with E-state index in [-0.39, 0.29) is 11.5 Å². The predicted molar refractivity (Wildman–Crippen MR) is 83.7 cm³/mol. The van der Waals surface area contributed by atoms with Crippen LogP contribution < -0.4 is 10.9 Å². The van der Waals surface area contributed by atoms with E-state index in [0.717, 1.165) is 0 Å². The van der Waals surface area contributed by atoms with Crippen molar-refractivity contribution < 1.29 is 14.7 Å². The molecule has 3 atom stereocenters. The van der Waals surface area contributed by atoms with Crippen LogP contribution in [0.25, 0.3) is 0 Å². The maximum atomic E-state index is 12.5. The van der Waals surface area contributed by atoms with Gasteiger partial charge in [-0.05, 0) is 18.4 Å². The molecule has 6 heteroatoms. The van der Waals surface area contributed by atoms with Crippen LogP contribution in [0.1, 0.15) is 46.1 Å². The van der Waals surface area contributed by atoms with Crippen molar-refractivity contribution in [2.75, 3.05) is 0 Å². The van der Waals surface area contributed by atoms with Crippen LogP contribution in [0.4, 0.5) is 0 Å². The molecule has 2 N–H and O–H groups in total. The number of amides is 1. The Bertz CT molecular complexity index is 567. The van der Waals surface area contributed by atoms with E-state index in [1.807, 2.05) is 13.8 Å². The summed E-state index contributed by atoms with van der Waals surface area (Å²) in [4.78, 5) is 35.7. The molecule has 0 aliphatic carbocycles. The van der Waals surface area contributed by atoms with Gasteiger partial charge in [0, 0.05) is 12.3 Å². The number of pyridine rings is 1. The van der Waals surface area contributed by atoms with Gasteiger partial charge in [0.2, 0.25) is 5.91 Å². The first-order valence-electron chi connectivity index (χ1n) is 7.62. The van der Waals surface area contributed by atoms with Gasteiger partial charge < -0.3 is 15.0 Å². The summed E-state index contributed by atoms with van der Waals surface area (Å²) < 4.78 is 1.36. The summed E-state index contributed by atoms with van der Waals surface area (Å²) in [6, 6.07) is 3.04. The summed E-state index contributed by atoms with van der Waals surface area (Å²) in [5.41, 5.74) is -0.272. The fraction of sp³-hybridized carbons (Fsp3) is 0.562. The third kappa shape index (κ3) is 4.44. The van der Waals surface area contributed by atoms with Crippen LogP contribution in [0.2, 0.25) is 0 Å². The van der Waals surface area contributed by atoms with Crippen molar-refractivity contribution in [3.05, 3.63) is 34.7 Å². The number of carboxylic acid groups (broad SMARTS) is 1. The van der Waals surface area contributed by atoms with Gasteiger partial charge in [-0.1, -0.05) is 39.7 Å². The number of hydrogen-bond donors (Lipinski definition) is 2. The molecular formula is C16H24N2O4. The Kier molecular flexibility index (Phi) is 6.82. The number of carboxylic acids is 1. The smallest absolute Gasteiger partial charge is 0.326 e. The van der Waals surface area contributed by atoms with E-state index in [4.69, 9.17) is 0 Å². The molecule has 6 nitrogen and oxygen atoms in total. The van der Waals surface area contributed by atoms with Gasteiger partial charge in [-0.15, -0.1) is 0 Å². The average Bonchev–Trinajstić information content (AvgIpc) is 2.50. The molecule has 1 aromatic rings. The first kappa shape index (κ1) is 17.9. The molecule has 1 aromatic heterocycles. The van der Waals surface area contributed by atoms with Crippen molar-refractivity contribution in [1.29, 1.82) is 0 Å². The van der Waals surface area contributed by atoms with Gasteiger partial charge >= 0.3 is 5.97 Å². The van der Waals surface area contributed by atoms with Gasteiger partial charge in [-0.2, -0.15) is 0 Å². The summed E-state index contributed by atoms with van der Waals surface area (Å²) in [6.07, 6.45) is 3.38. The highest BCUT2D eigenvalue weighted by molar-refractivity contribution is 5.86. The van der Waals surface area contributed by atoms with Gasteiger partial charge in [0.15, 0.2) is 0 Å². The van der Waals surface area contributed by atoms with E-state index in [1.165, 1.54) is 10.6 Å². The predicted octanol–water partition coefficient (Wildman–Crippen LogP) is 1.80. The minimum absolute atomic E-state index is 0.184. The summed E-state index contributed by atoms with van der Waals surface area (Å²) in [6.45, 7) is 5.57. The van der Waals surface area contributed by atoms with Crippen LogP contribution in [0.3, 0.4) is 0 Å². The molecule has 0 bridgehead atoms. The molecule has 122 valence electrons. The zero-order valence-corrected chi connectivity index (χ0v) is 13.3. The zero-order chi connectivity index (χ0) is 16.7. The molecule has 0 radical (unpaired) electrons. The van der Waals surface area contributed by atoms with Crippen molar-refractivity contribution >= 4 is 11.9 Å². The fourth-order valence-corrected chi connectivity index (χ4v) is 2.30. The normalized spacial score (nSPS) is 14.9. The second-order valence-electron chi connectivity index (χ2n) is 5.46. The highest BCUT2D eigenvalue weighted by atomic mass is 16.4. The van der Waals surface area contributed by atoms with Gasteiger partial charge in [0.25, 0.3) is 5.56 Å². The van der Waals surface area contributed by atoms with E-state index >= 15 is 0 Å². The Morgan fingerprint density at radius 2 is 2.00 bits per heavy atom. The summed E-state index contributed by atoms with van der Waals surface area (Å²) in [7, 11) is 0. The lowest BCUT2D eigenvalue weighted by Crippen LogP contribution is -2.48. The van der Waals surface area contributed by atoms with E-state index in [2.05, 4.69) is 5.32 Å². The molecule has 1 amide bonds. The SMILES string of the molecule is CCCC(C(=O)NC(C(=O)O)C(C)CC)n1ccccc1=O. The Hall–Kier alpha value is -2.11. The van der Waals surface area contributed by atoms with E-state index in [0.29, 0.717) is 19.3 Å². The van der Waals surface area contributed by atoms with Gasteiger partial charge in [-0.25, -0.2) is 4.79 Å². The van der Waals surface area contributed by atoms with Crippen LogP contribution >= 0.6 is 0 Å². The molecule has 0 aliphatic heterocycles.